The molecule has 1 heterocycles. The van der Waals surface area contributed by atoms with Crippen LogP contribution in [0.3, 0.4) is 0 Å². The zero-order valence-corrected chi connectivity index (χ0v) is 14.0. The van der Waals surface area contributed by atoms with Gasteiger partial charge in [0.1, 0.15) is 0 Å². The summed E-state index contributed by atoms with van der Waals surface area (Å²) in [4.78, 5) is 12.8. The standard InChI is InChI=1S/C21H20N2O/c1-14-8-6-7-11-18(14)16-12-19-21(20(24)13-16)15(2)22-23(19)17-9-4-3-5-10-17/h3-11,16H,12-13H2,1-2H3/t16-/m0/s1. The maximum absolute atomic E-state index is 12.8. The molecule has 1 aromatic heterocycles. The molecule has 0 amide bonds. The fourth-order valence-electron chi connectivity index (χ4n) is 3.81. The van der Waals surface area contributed by atoms with Crippen LogP contribution in [-0.2, 0) is 6.42 Å². The van der Waals surface area contributed by atoms with Crippen molar-refractivity contribution < 1.29 is 4.79 Å². The Morgan fingerprint density at radius 3 is 2.42 bits per heavy atom. The largest absolute Gasteiger partial charge is 0.294 e. The highest BCUT2D eigenvalue weighted by molar-refractivity contribution is 6.00. The van der Waals surface area contributed by atoms with Gasteiger partial charge in [-0.3, -0.25) is 4.79 Å². The van der Waals surface area contributed by atoms with Crippen molar-refractivity contribution in [2.24, 2.45) is 0 Å². The number of benzene rings is 2. The summed E-state index contributed by atoms with van der Waals surface area (Å²) in [5, 5.41) is 4.66. The minimum atomic E-state index is 0.212. The average Bonchev–Trinajstić information content (AvgIpc) is 2.93. The molecular weight excluding hydrogens is 296 g/mol. The number of hydrogen-bond acceptors (Lipinski definition) is 2. The molecular formula is C21H20N2O. The van der Waals surface area contributed by atoms with Crippen LogP contribution in [0.15, 0.2) is 54.6 Å². The van der Waals surface area contributed by atoms with E-state index < -0.39 is 0 Å². The highest BCUT2D eigenvalue weighted by Crippen LogP contribution is 2.36. The Bertz CT molecular complexity index is 909. The lowest BCUT2D eigenvalue weighted by Gasteiger charge is -2.24. The molecule has 1 aliphatic rings. The van der Waals surface area contributed by atoms with Gasteiger partial charge in [0.05, 0.1) is 22.6 Å². The van der Waals surface area contributed by atoms with E-state index in [-0.39, 0.29) is 11.7 Å². The van der Waals surface area contributed by atoms with Gasteiger partial charge in [0.15, 0.2) is 5.78 Å². The third kappa shape index (κ3) is 2.37. The van der Waals surface area contributed by atoms with Crippen LogP contribution in [0.1, 0.15) is 45.2 Å². The van der Waals surface area contributed by atoms with Crippen molar-refractivity contribution in [3.63, 3.8) is 0 Å². The van der Waals surface area contributed by atoms with Crippen molar-refractivity contribution in [3.8, 4) is 5.69 Å². The molecule has 1 aliphatic carbocycles. The summed E-state index contributed by atoms with van der Waals surface area (Å²) in [7, 11) is 0. The van der Waals surface area contributed by atoms with Crippen molar-refractivity contribution in [2.45, 2.75) is 32.6 Å². The molecule has 0 saturated carbocycles. The summed E-state index contributed by atoms with van der Waals surface area (Å²) in [6, 6.07) is 18.4. The molecule has 0 saturated heterocycles. The summed E-state index contributed by atoms with van der Waals surface area (Å²) >= 11 is 0. The van der Waals surface area contributed by atoms with E-state index >= 15 is 0 Å². The van der Waals surface area contributed by atoms with Crippen molar-refractivity contribution in [1.29, 1.82) is 0 Å². The van der Waals surface area contributed by atoms with Crippen molar-refractivity contribution in [1.82, 2.24) is 9.78 Å². The van der Waals surface area contributed by atoms with Crippen LogP contribution in [0, 0.1) is 13.8 Å². The normalized spacial score (nSPS) is 16.9. The van der Waals surface area contributed by atoms with Gasteiger partial charge in [-0.25, -0.2) is 4.68 Å². The molecule has 0 radical (unpaired) electrons. The van der Waals surface area contributed by atoms with E-state index in [1.807, 2.05) is 48.0 Å². The number of aryl methyl sites for hydroxylation is 2. The Labute approximate surface area is 141 Å². The van der Waals surface area contributed by atoms with Crippen LogP contribution in [0.2, 0.25) is 0 Å². The fraction of sp³-hybridized carbons (Fsp3) is 0.238. The predicted octanol–water partition coefficient (Wildman–Crippen LogP) is 4.40. The number of aromatic nitrogens is 2. The van der Waals surface area contributed by atoms with Crippen molar-refractivity contribution in [3.05, 3.63) is 82.7 Å². The van der Waals surface area contributed by atoms with Gasteiger partial charge in [-0.05, 0) is 49.4 Å². The lowest BCUT2D eigenvalue weighted by Crippen LogP contribution is -2.21. The Morgan fingerprint density at radius 1 is 0.958 bits per heavy atom. The van der Waals surface area contributed by atoms with E-state index in [0.29, 0.717) is 6.42 Å². The second-order valence-corrected chi connectivity index (χ2v) is 6.54. The van der Waals surface area contributed by atoms with Gasteiger partial charge in [-0.15, -0.1) is 0 Å². The number of Topliss-reactive ketones (excluding diaryl/α,β-unsaturated/α-hetero) is 1. The Kier molecular flexibility index (Phi) is 3.57. The molecule has 0 aliphatic heterocycles. The Balaban J connectivity index is 1.82. The topological polar surface area (TPSA) is 34.9 Å². The number of para-hydroxylation sites is 1. The summed E-state index contributed by atoms with van der Waals surface area (Å²) in [6.07, 6.45) is 1.42. The van der Waals surface area contributed by atoms with E-state index in [9.17, 15) is 4.79 Å². The number of ketones is 1. The van der Waals surface area contributed by atoms with Gasteiger partial charge < -0.3 is 0 Å². The molecule has 24 heavy (non-hydrogen) atoms. The molecule has 4 rings (SSSR count). The predicted molar refractivity (Wildman–Crippen MR) is 94.9 cm³/mol. The highest BCUT2D eigenvalue weighted by atomic mass is 16.1. The first-order valence-corrected chi connectivity index (χ1v) is 8.38. The van der Waals surface area contributed by atoms with Crippen LogP contribution < -0.4 is 0 Å². The van der Waals surface area contributed by atoms with Gasteiger partial charge in [0, 0.05) is 6.42 Å². The fourth-order valence-corrected chi connectivity index (χ4v) is 3.81. The molecule has 2 aromatic carbocycles. The van der Waals surface area contributed by atoms with Crippen LogP contribution in [0.4, 0.5) is 0 Å². The van der Waals surface area contributed by atoms with Crippen LogP contribution in [0.25, 0.3) is 5.69 Å². The maximum Gasteiger partial charge on any atom is 0.167 e. The first-order chi connectivity index (χ1) is 11.6. The van der Waals surface area contributed by atoms with E-state index in [1.54, 1.807) is 0 Å². The Morgan fingerprint density at radius 2 is 1.67 bits per heavy atom. The van der Waals surface area contributed by atoms with Gasteiger partial charge in [0.25, 0.3) is 0 Å². The molecule has 3 heteroatoms. The van der Waals surface area contributed by atoms with Gasteiger partial charge in [0.2, 0.25) is 0 Å². The molecule has 0 unspecified atom stereocenters. The summed E-state index contributed by atoms with van der Waals surface area (Å²) in [5.74, 6) is 0.439. The second kappa shape index (κ2) is 5.75. The quantitative estimate of drug-likeness (QED) is 0.702. The van der Waals surface area contributed by atoms with Crippen molar-refractivity contribution in [2.75, 3.05) is 0 Å². The smallest absolute Gasteiger partial charge is 0.167 e. The summed E-state index contributed by atoms with van der Waals surface area (Å²) < 4.78 is 1.95. The van der Waals surface area contributed by atoms with Gasteiger partial charge in [-0.1, -0.05) is 42.5 Å². The zero-order chi connectivity index (χ0) is 16.7. The number of carbonyl (C=O) groups is 1. The van der Waals surface area contributed by atoms with E-state index in [2.05, 4.69) is 30.2 Å². The molecule has 0 N–H and O–H groups in total. The highest BCUT2D eigenvalue weighted by Gasteiger charge is 2.32. The molecule has 3 nitrogen and oxygen atoms in total. The SMILES string of the molecule is Cc1ccccc1[C@@H]1CC(=O)c2c(C)nn(-c3ccccc3)c2C1. The first-order valence-electron chi connectivity index (χ1n) is 8.38. The van der Waals surface area contributed by atoms with Crippen molar-refractivity contribution >= 4 is 5.78 Å². The number of hydrogen-bond donors (Lipinski definition) is 0. The van der Waals surface area contributed by atoms with E-state index in [1.165, 1.54) is 11.1 Å². The third-order valence-electron chi connectivity index (χ3n) is 4.94. The molecule has 1 atom stereocenters. The minimum Gasteiger partial charge on any atom is -0.294 e. The van der Waals surface area contributed by atoms with E-state index in [4.69, 9.17) is 0 Å². The zero-order valence-electron chi connectivity index (χ0n) is 14.0. The molecule has 0 spiro atoms. The van der Waals surface area contributed by atoms with Gasteiger partial charge >= 0.3 is 0 Å². The van der Waals surface area contributed by atoms with Crippen LogP contribution >= 0.6 is 0 Å². The lowest BCUT2D eigenvalue weighted by molar-refractivity contribution is 0.0963. The number of rotatable bonds is 2. The molecule has 0 fully saturated rings. The monoisotopic (exact) mass is 316 g/mol. The maximum atomic E-state index is 12.8. The first kappa shape index (κ1) is 14.9. The number of fused-ring (bicyclic) bond motifs is 1. The summed E-state index contributed by atoms with van der Waals surface area (Å²) in [5.41, 5.74) is 6.24. The lowest BCUT2D eigenvalue weighted by atomic mass is 9.80. The number of nitrogens with zero attached hydrogens (tertiary/aromatic N) is 2. The van der Waals surface area contributed by atoms with E-state index in [0.717, 1.165) is 29.1 Å². The third-order valence-corrected chi connectivity index (χ3v) is 4.94. The average molecular weight is 316 g/mol. The minimum absolute atomic E-state index is 0.212. The second-order valence-electron chi connectivity index (χ2n) is 6.54. The van der Waals surface area contributed by atoms with Gasteiger partial charge in [-0.2, -0.15) is 5.10 Å². The molecule has 3 aromatic rings. The Hall–Kier alpha value is -2.68. The number of carbonyl (C=O) groups excluding carboxylic acids is 1. The molecule has 0 bridgehead atoms. The summed E-state index contributed by atoms with van der Waals surface area (Å²) in [6.45, 7) is 4.05. The van der Waals surface area contributed by atoms with Crippen LogP contribution in [-0.4, -0.2) is 15.6 Å². The molecule has 120 valence electrons. The van der Waals surface area contributed by atoms with Crippen LogP contribution in [0.5, 0.6) is 0 Å².